The van der Waals surface area contributed by atoms with Crippen molar-refractivity contribution in [2.75, 3.05) is 26.4 Å². The molecule has 0 heterocycles. The number of hydrogen-bond donors (Lipinski definition) is 0. The zero-order chi connectivity index (χ0) is 40.1. The zero-order valence-electron chi connectivity index (χ0n) is 36.3. The molecule has 4 atom stereocenters. The molecule has 0 aliphatic heterocycles. The zero-order valence-corrected chi connectivity index (χ0v) is 36.3. The Kier molecular flexibility index (Phi) is 28.7. The number of carbonyl (C=O) groups is 4. The predicted octanol–water partition coefficient (Wildman–Crippen LogP) is 11.8. The van der Waals surface area contributed by atoms with Crippen LogP contribution in [-0.4, -0.2) is 50.3 Å². The van der Waals surface area contributed by atoms with Crippen LogP contribution in [0.15, 0.2) is 0 Å². The molecule has 54 heavy (non-hydrogen) atoms. The molecule has 1 aliphatic rings. The third-order valence-corrected chi connectivity index (χ3v) is 10.9. The van der Waals surface area contributed by atoms with Gasteiger partial charge in [-0.2, -0.15) is 0 Å². The Bertz CT molecular complexity index is 835. The first kappa shape index (κ1) is 49.9. The average Bonchev–Trinajstić information content (AvgIpc) is 3.11. The third kappa shape index (κ3) is 24.4. The third-order valence-electron chi connectivity index (χ3n) is 10.9. The lowest BCUT2D eigenvalue weighted by atomic mass is 9.68. The smallest absolute Gasteiger partial charge is 0.309 e. The van der Waals surface area contributed by atoms with Gasteiger partial charge >= 0.3 is 23.9 Å². The van der Waals surface area contributed by atoms with Crippen LogP contribution < -0.4 is 0 Å². The topological polar surface area (TPSA) is 105 Å². The van der Waals surface area contributed by atoms with Crippen molar-refractivity contribution in [3.8, 4) is 0 Å². The van der Waals surface area contributed by atoms with E-state index in [1.165, 1.54) is 25.7 Å². The molecular formula is C46H84O8. The van der Waals surface area contributed by atoms with Crippen molar-refractivity contribution in [1.29, 1.82) is 0 Å². The van der Waals surface area contributed by atoms with Crippen molar-refractivity contribution in [2.45, 2.75) is 197 Å². The quantitative estimate of drug-likeness (QED) is 0.0379. The van der Waals surface area contributed by atoms with E-state index in [4.69, 9.17) is 18.9 Å². The number of esters is 4. The van der Waals surface area contributed by atoms with E-state index in [9.17, 15) is 19.2 Å². The van der Waals surface area contributed by atoms with Crippen molar-refractivity contribution in [2.24, 2.45) is 47.3 Å². The van der Waals surface area contributed by atoms with Gasteiger partial charge in [-0.05, 0) is 62.2 Å². The van der Waals surface area contributed by atoms with Crippen LogP contribution in [0.2, 0.25) is 0 Å². The molecule has 0 aromatic rings. The normalized spacial score (nSPS) is 18.7. The Morgan fingerprint density at radius 3 is 0.704 bits per heavy atom. The molecule has 0 aromatic heterocycles. The first-order chi connectivity index (χ1) is 25.8. The second-order valence-electron chi connectivity index (χ2n) is 18.0. The highest BCUT2D eigenvalue weighted by molar-refractivity contribution is 5.87. The van der Waals surface area contributed by atoms with Crippen LogP contribution in [0.5, 0.6) is 0 Å². The fourth-order valence-electron chi connectivity index (χ4n) is 7.40. The SMILES string of the molecule is CC(C)CCCCCCOC(=O)C1CC(C(=O)OCCCCCCC(C)C)C(C(=O)OCCCCCCC(C)C)CC1C(=O)OCCCCCCC(C)C. The summed E-state index contributed by atoms with van der Waals surface area (Å²) >= 11 is 0. The van der Waals surface area contributed by atoms with Crippen molar-refractivity contribution < 1.29 is 38.1 Å². The molecule has 1 saturated carbocycles. The summed E-state index contributed by atoms with van der Waals surface area (Å²) in [5.74, 6) is -2.84. The molecule has 0 radical (unpaired) electrons. The van der Waals surface area contributed by atoms with Gasteiger partial charge in [-0.25, -0.2) is 0 Å². The van der Waals surface area contributed by atoms with Gasteiger partial charge < -0.3 is 18.9 Å². The van der Waals surface area contributed by atoms with E-state index >= 15 is 0 Å². The Morgan fingerprint density at radius 1 is 0.333 bits per heavy atom. The van der Waals surface area contributed by atoms with Gasteiger partial charge in [0.25, 0.3) is 0 Å². The van der Waals surface area contributed by atoms with Crippen molar-refractivity contribution in [3.63, 3.8) is 0 Å². The first-order valence-corrected chi connectivity index (χ1v) is 22.5. The Hall–Kier alpha value is -2.12. The van der Waals surface area contributed by atoms with Crippen molar-refractivity contribution in [3.05, 3.63) is 0 Å². The van der Waals surface area contributed by atoms with E-state index < -0.39 is 47.5 Å². The molecule has 8 nitrogen and oxygen atoms in total. The van der Waals surface area contributed by atoms with E-state index in [1.54, 1.807) is 0 Å². The number of hydrogen-bond acceptors (Lipinski definition) is 8. The van der Waals surface area contributed by atoms with E-state index in [-0.39, 0.29) is 39.3 Å². The van der Waals surface area contributed by atoms with Crippen LogP contribution in [0, 0.1) is 47.3 Å². The van der Waals surface area contributed by atoms with E-state index in [1.807, 2.05) is 0 Å². The molecule has 0 amide bonds. The van der Waals surface area contributed by atoms with Gasteiger partial charge in [0.05, 0.1) is 50.1 Å². The summed E-state index contributed by atoms with van der Waals surface area (Å²) in [5, 5.41) is 0. The van der Waals surface area contributed by atoms with Gasteiger partial charge in [0.2, 0.25) is 0 Å². The summed E-state index contributed by atoms with van der Waals surface area (Å²) in [6, 6.07) is 0. The second-order valence-corrected chi connectivity index (χ2v) is 18.0. The number of carbonyl (C=O) groups excluding carboxylic acids is 4. The van der Waals surface area contributed by atoms with Crippen molar-refractivity contribution >= 4 is 23.9 Å². The van der Waals surface area contributed by atoms with Crippen LogP contribution in [0.1, 0.15) is 197 Å². The Morgan fingerprint density at radius 2 is 0.519 bits per heavy atom. The van der Waals surface area contributed by atoms with E-state index in [2.05, 4.69) is 55.4 Å². The molecule has 0 aromatic carbocycles. The standard InChI is InChI=1S/C46H84O8/c1-35(2)25-17-9-13-21-29-51-43(47)39-33-41(45(49)53-31-23-15-11-19-27-37(5)6)42(46(50)54-32-24-16-12-20-28-38(7)8)34-40(39)44(48)52-30-22-14-10-18-26-36(3)4/h35-42H,9-34H2,1-8H3. The van der Waals surface area contributed by atoms with Gasteiger partial charge in [-0.3, -0.25) is 19.2 Å². The minimum atomic E-state index is -0.886. The highest BCUT2D eigenvalue weighted by atomic mass is 16.5. The van der Waals surface area contributed by atoms with E-state index in [0.717, 1.165) is 103 Å². The van der Waals surface area contributed by atoms with Gasteiger partial charge in [-0.1, -0.05) is 158 Å². The molecule has 4 unspecified atom stereocenters. The highest BCUT2D eigenvalue weighted by Gasteiger charge is 2.51. The first-order valence-electron chi connectivity index (χ1n) is 22.5. The lowest BCUT2D eigenvalue weighted by Crippen LogP contribution is -2.46. The molecular weight excluding hydrogens is 680 g/mol. The summed E-state index contributed by atoms with van der Waals surface area (Å²) in [4.78, 5) is 54.8. The van der Waals surface area contributed by atoms with Crippen LogP contribution >= 0.6 is 0 Å². The van der Waals surface area contributed by atoms with Crippen LogP contribution in [0.4, 0.5) is 0 Å². The monoisotopic (exact) mass is 765 g/mol. The number of unbranched alkanes of at least 4 members (excludes halogenated alkanes) is 12. The van der Waals surface area contributed by atoms with Crippen LogP contribution in [0.3, 0.4) is 0 Å². The highest BCUT2D eigenvalue weighted by Crippen LogP contribution is 2.41. The van der Waals surface area contributed by atoms with Gasteiger partial charge in [0.1, 0.15) is 0 Å². The molecule has 0 bridgehead atoms. The van der Waals surface area contributed by atoms with Gasteiger partial charge in [0, 0.05) is 0 Å². The van der Waals surface area contributed by atoms with Gasteiger partial charge in [0.15, 0.2) is 0 Å². The molecule has 0 saturated heterocycles. The second kappa shape index (κ2) is 31.0. The van der Waals surface area contributed by atoms with E-state index in [0.29, 0.717) is 23.7 Å². The Balaban J connectivity index is 3.02. The summed E-state index contributed by atoms with van der Waals surface area (Å²) in [7, 11) is 0. The maximum absolute atomic E-state index is 13.7. The number of rotatable bonds is 32. The van der Waals surface area contributed by atoms with Crippen molar-refractivity contribution in [1.82, 2.24) is 0 Å². The largest absolute Gasteiger partial charge is 0.465 e. The minimum absolute atomic E-state index is 0.00435. The molecule has 1 rings (SSSR count). The average molecular weight is 765 g/mol. The summed E-state index contributed by atoms with van der Waals surface area (Å²) in [6.07, 6.45) is 20.5. The maximum Gasteiger partial charge on any atom is 0.309 e. The molecule has 0 N–H and O–H groups in total. The Labute approximate surface area is 331 Å². The lowest BCUT2D eigenvalue weighted by Gasteiger charge is -2.37. The molecule has 8 heteroatoms. The maximum atomic E-state index is 13.7. The van der Waals surface area contributed by atoms with Crippen LogP contribution in [0.25, 0.3) is 0 Å². The fraction of sp³-hybridized carbons (Fsp3) is 0.913. The lowest BCUT2D eigenvalue weighted by molar-refractivity contribution is -0.175. The summed E-state index contributed by atoms with van der Waals surface area (Å²) in [5.41, 5.74) is 0. The summed E-state index contributed by atoms with van der Waals surface area (Å²) in [6.45, 7) is 18.8. The fourth-order valence-corrected chi connectivity index (χ4v) is 7.40. The molecule has 1 fully saturated rings. The number of ether oxygens (including phenoxy) is 4. The summed E-state index contributed by atoms with van der Waals surface area (Å²) < 4.78 is 23.1. The minimum Gasteiger partial charge on any atom is -0.465 e. The van der Waals surface area contributed by atoms with Crippen LogP contribution in [-0.2, 0) is 38.1 Å². The molecule has 316 valence electrons. The predicted molar refractivity (Wildman–Crippen MR) is 219 cm³/mol. The van der Waals surface area contributed by atoms with Gasteiger partial charge in [-0.15, -0.1) is 0 Å². The molecule has 0 spiro atoms. The molecule has 1 aliphatic carbocycles.